The fourth-order valence-corrected chi connectivity index (χ4v) is 3.47. The Hall–Kier alpha value is -3.48. The predicted octanol–water partition coefficient (Wildman–Crippen LogP) is 2.09. The Bertz CT molecular complexity index is 1140. The van der Waals surface area contributed by atoms with Crippen LogP contribution in [-0.2, 0) is 6.54 Å². The topological polar surface area (TPSA) is 93.1 Å². The van der Waals surface area contributed by atoms with Gasteiger partial charge in [-0.2, -0.15) is 0 Å². The molecule has 2 heterocycles. The van der Waals surface area contributed by atoms with Crippen LogP contribution in [0, 0.1) is 0 Å². The van der Waals surface area contributed by atoms with Crippen molar-refractivity contribution in [2.24, 2.45) is 0 Å². The average molecular weight is 390 g/mol. The SMILES string of the molecule is CNC(=O)c1cc(C(=O)NC2CCC2)cn(Cc2cccc3cccnc23)c1=O. The number of amides is 2. The lowest BCUT2D eigenvalue weighted by Crippen LogP contribution is -2.40. The number of nitrogens with zero attached hydrogens (tertiary/aromatic N) is 2. The Morgan fingerprint density at radius 3 is 2.69 bits per heavy atom. The lowest BCUT2D eigenvalue weighted by atomic mass is 9.93. The first-order chi connectivity index (χ1) is 14.1. The summed E-state index contributed by atoms with van der Waals surface area (Å²) in [5.74, 6) is -0.789. The number of carbonyl (C=O) groups is 2. The maximum atomic E-state index is 12.9. The molecule has 1 aromatic carbocycles. The van der Waals surface area contributed by atoms with E-state index in [2.05, 4.69) is 15.6 Å². The maximum Gasteiger partial charge on any atom is 0.263 e. The van der Waals surface area contributed by atoms with E-state index in [1.807, 2.05) is 30.3 Å². The second-order valence-electron chi connectivity index (χ2n) is 7.25. The van der Waals surface area contributed by atoms with Gasteiger partial charge in [0.1, 0.15) is 5.56 Å². The lowest BCUT2D eigenvalue weighted by molar-refractivity contribution is 0.0916. The van der Waals surface area contributed by atoms with Crippen molar-refractivity contribution in [3.63, 3.8) is 0 Å². The van der Waals surface area contributed by atoms with Crippen LogP contribution >= 0.6 is 0 Å². The number of hydrogen-bond donors (Lipinski definition) is 2. The first-order valence-corrected chi connectivity index (χ1v) is 9.67. The molecule has 4 rings (SSSR count). The Kier molecular flexibility index (Phi) is 5.12. The number of hydrogen-bond acceptors (Lipinski definition) is 4. The first-order valence-electron chi connectivity index (χ1n) is 9.67. The zero-order chi connectivity index (χ0) is 20.4. The van der Waals surface area contributed by atoms with Gasteiger partial charge in [0.15, 0.2) is 0 Å². The molecule has 29 heavy (non-hydrogen) atoms. The first kappa shape index (κ1) is 18.9. The summed E-state index contributed by atoms with van der Waals surface area (Å²) in [6.45, 7) is 0.210. The summed E-state index contributed by atoms with van der Waals surface area (Å²) in [5.41, 5.74) is 1.42. The van der Waals surface area contributed by atoms with Crippen molar-refractivity contribution in [2.75, 3.05) is 7.05 Å². The van der Waals surface area contributed by atoms with Crippen LogP contribution in [0.4, 0.5) is 0 Å². The van der Waals surface area contributed by atoms with Gasteiger partial charge in [0.2, 0.25) is 0 Å². The Balaban J connectivity index is 1.76. The molecule has 0 unspecified atom stereocenters. The van der Waals surface area contributed by atoms with E-state index in [0.29, 0.717) is 5.56 Å². The number of nitrogens with one attached hydrogen (secondary N) is 2. The van der Waals surface area contributed by atoms with Gasteiger partial charge in [-0.1, -0.05) is 24.3 Å². The molecule has 2 N–H and O–H groups in total. The van der Waals surface area contributed by atoms with Gasteiger partial charge in [-0.3, -0.25) is 19.4 Å². The minimum Gasteiger partial charge on any atom is -0.355 e. The van der Waals surface area contributed by atoms with Gasteiger partial charge in [0, 0.05) is 30.9 Å². The summed E-state index contributed by atoms with van der Waals surface area (Å²) in [4.78, 5) is 42.3. The van der Waals surface area contributed by atoms with Crippen LogP contribution in [0.2, 0.25) is 0 Å². The molecule has 0 spiro atoms. The maximum absolute atomic E-state index is 12.9. The molecule has 148 valence electrons. The molecule has 0 saturated heterocycles. The van der Waals surface area contributed by atoms with Gasteiger partial charge in [0.05, 0.1) is 17.6 Å². The third kappa shape index (κ3) is 3.76. The van der Waals surface area contributed by atoms with Gasteiger partial charge in [-0.25, -0.2) is 0 Å². The zero-order valence-corrected chi connectivity index (χ0v) is 16.1. The van der Waals surface area contributed by atoms with Crippen LogP contribution in [0.1, 0.15) is 45.5 Å². The minimum absolute atomic E-state index is 0.0537. The molecule has 0 bridgehead atoms. The van der Waals surface area contributed by atoms with Crippen LogP contribution in [0.25, 0.3) is 10.9 Å². The van der Waals surface area contributed by atoms with Gasteiger partial charge >= 0.3 is 0 Å². The van der Waals surface area contributed by atoms with Crippen LogP contribution in [0.5, 0.6) is 0 Å². The summed E-state index contributed by atoms with van der Waals surface area (Å²) in [5, 5.41) is 6.40. The van der Waals surface area contributed by atoms with Crippen molar-refractivity contribution in [3.8, 4) is 0 Å². The third-order valence-electron chi connectivity index (χ3n) is 5.32. The molecule has 1 saturated carbocycles. The number of pyridine rings is 2. The molecule has 0 radical (unpaired) electrons. The highest BCUT2D eigenvalue weighted by molar-refractivity contribution is 5.99. The molecule has 1 fully saturated rings. The van der Waals surface area contributed by atoms with Crippen LogP contribution in [0.3, 0.4) is 0 Å². The standard InChI is InChI=1S/C22H22N4O3/c1-23-21(28)18-11-16(20(27)25-17-8-3-9-17)13-26(22(18)29)12-15-6-2-5-14-7-4-10-24-19(14)15/h2,4-7,10-11,13,17H,3,8-9,12H2,1H3,(H,23,28)(H,25,27). The fourth-order valence-electron chi connectivity index (χ4n) is 3.47. The summed E-state index contributed by atoms with van der Waals surface area (Å²) in [7, 11) is 1.46. The molecule has 0 aliphatic heterocycles. The van der Waals surface area contributed by atoms with Crippen LogP contribution in [0.15, 0.2) is 53.6 Å². The Labute approximate surface area is 167 Å². The number of para-hydroxylation sites is 1. The highest BCUT2D eigenvalue weighted by Crippen LogP contribution is 2.19. The number of aromatic nitrogens is 2. The number of rotatable bonds is 5. The summed E-state index contributed by atoms with van der Waals surface area (Å²) >= 11 is 0. The molecule has 1 aliphatic rings. The highest BCUT2D eigenvalue weighted by atomic mass is 16.2. The Morgan fingerprint density at radius 1 is 1.17 bits per heavy atom. The molecule has 1 aliphatic carbocycles. The minimum atomic E-state index is -0.516. The average Bonchev–Trinajstić information content (AvgIpc) is 2.71. The largest absolute Gasteiger partial charge is 0.355 e. The molecule has 0 atom stereocenters. The Morgan fingerprint density at radius 2 is 1.97 bits per heavy atom. The van der Waals surface area contributed by atoms with Crippen molar-refractivity contribution in [3.05, 3.63) is 75.8 Å². The smallest absolute Gasteiger partial charge is 0.263 e. The number of benzene rings is 1. The van der Waals surface area contributed by atoms with Gasteiger partial charge < -0.3 is 15.2 Å². The molecular weight excluding hydrogens is 368 g/mol. The second kappa shape index (κ2) is 7.87. The van der Waals surface area contributed by atoms with E-state index in [9.17, 15) is 14.4 Å². The lowest BCUT2D eigenvalue weighted by Gasteiger charge is -2.26. The number of carbonyl (C=O) groups excluding carboxylic acids is 2. The van der Waals surface area contributed by atoms with Crippen molar-refractivity contribution < 1.29 is 9.59 Å². The van der Waals surface area contributed by atoms with E-state index >= 15 is 0 Å². The monoisotopic (exact) mass is 390 g/mol. The van der Waals surface area contributed by atoms with Gasteiger partial charge in [-0.15, -0.1) is 0 Å². The van der Waals surface area contributed by atoms with E-state index in [1.165, 1.54) is 23.9 Å². The van der Waals surface area contributed by atoms with Crippen LogP contribution < -0.4 is 16.2 Å². The summed E-state index contributed by atoms with van der Waals surface area (Å²) in [6.07, 6.45) is 6.23. The molecule has 3 aromatic rings. The number of fused-ring (bicyclic) bond motifs is 1. The quantitative estimate of drug-likeness (QED) is 0.698. The summed E-state index contributed by atoms with van der Waals surface area (Å²) in [6, 6.07) is 11.1. The van der Waals surface area contributed by atoms with E-state index in [0.717, 1.165) is 35.7 Å². The van der Waals surface area contributed by atoms with Gasteiger partial charge in [0.25, 0.3) is 17.4 Å². The molecular formula is C22H22N4O3. The fraction of sp³-hybridized carbons (Fsp3) is 0.273. The normalized spacial score (nSPS) is 13.7. The molecule has 7 nitrogen and oxygen atoms in total. The van der Waals surface area contributed by atoms with E-state index < -0.39 is 11.5 Å². The molecule has 2 aromatic heterocycles. The van der Waals surface area contributed by atoms with Crippen molar-refractivity contribution in [1.29, 1.82) is 0 Å². The van der Waals surface area contributed by atoms with E-state index in [1.54, 1.807) is 6.20 Å². The van der Waals surface area contributed by atoms with Crippen LogP contribution in [-0.4, -0.2) is 34.5 Å². The zero-order valence-electron chi connectivity index (χ0n) is 16.1. The van der Waals surface area contributed by atoms with Crippen molar-refractivity contribution >= 4 is 22.7 Å². The van der Waals surface area contributed by atoms with Crippen molar-refractivity contribution in [2.45, 2.75) is 31.8 Å². The third-order valence-corrected chi connectivity index (χ3v) is 5.32. The van der Waals surface area contributed by atoms with E-state index in [4.69, 9.17) is 0 Å². The highest BCUT2D eigenvalue weighted by Gasteiger charge is 2.22. The van der Waals surface area contributed by atoms with E-state index in [-0.39, 0.29) is 24.1 Å². The molecule has 7 heteroatoms. The van der Waals surface area contributed by atoms with Gasteiger partial charge in [-0.05, 0) is 37.0 Å². The van der Waals surface area contributed by atoms with Crippen molar-refractivity contribution in [1.82, 2.24) is 20.2 Å². The summed E-state index contributed by atoms with van der Waals surface area (Å²) < 4.78 is 1.41. The second-order valence-corrected chi connectivity index (χ2v) is 7.25. The predicted molar refractivity (Wildman–Crippen MR) is 110 cm³/mol. The molecule has 2 amide bonds.